The molecular formula is C22H23N3O. The molecule has 0 aliphatic rings. The molecule has 0 saturated heterocycles. The van der Waals surface area contributed by atoms with Crippen LogP contribution in [-0.2, 0) is 6.54 Å². The van der Waals surface area contributed by atoms with E-state index in [1.807, 2.05) is 54.6 Å². The van der Waals surface area contributed by atoms with Gasteiger partial charge >= 0.3 is 0 Å². The van der Waals surface area contributed by atoms with E-state index >= 15 is 0 Å². The van der Waals surface area contributed by atoms with Crippen molar-refractivity contribution in [2.45, 2.75) is 13.5 Å². The molecular weight excluding hydrogens is 322 g/mol. The van der Waals surface area contributed by atoms with Crippen LogP contribution in [0.3, 0.4) is 0 Å². The number of anilines is 2. The van der Waals surface area contributed by atoms with Crippen molar-refractivity contribution < 1.29 is 4.79 Å². The molecule has 0 saturated carbocycles. The Kier molecular flexibility index (Phi) is 5.64. The SMILES string of the molecule is CCN(c1ccccc1)c1ccc(C(=O)N(C)Cc2ccccc2)nc1. The standard InChI is InChI=1S/C22H23N3O/c1-3-25(19-12-8-5-9-13-19)20-14-15-21(23-16-20)22(26)24(2)17-18-10-6-4-7-11-18/h4-16H,3,17H2,1-2H3. The van der Waals surface area contributed by atoms with E-state index in [4.69, 9.17) is 0 Å². The summed E-state index contributed by atoms with van der Waals surface area (Å²) in [7, 11) is 1.80. The van der Waals surface area contributed by atoms with Gasteiger partial charge in [-0.3, -0.25) is 4.79 Å². The van der Waals surface area contributed by atoms with Crippen LogP contribution >= 0.6 is 0 Å². The van der Waals surface area contributed by atoms with Crippen LogP contribution in [0.4, 0.5) is 11.4 Å². The number of hydrogen-bond acceptors (Lipinski definition) is 3. The quantitative estimate of drug-likeness (QED) is 0.659. The Bertz CT molecular complexity index is 832. The van der Waals surface area contributed by atoms with Gasteiger partial charge in [0.2, 0.25) is 0 Å². The minimum Gasteiger partial charge on any atom is -0.341 e. The number of amides is 1. The lowest BCUT2D eigenvalue weighted by molar-refractivity contribution is 0.0779. The fraction of sp³-hybridized carbons (Fsp3) is 0.182. The van der Waals surface area contributed by atoms with E-state index in [9.17, 15) is 4.79 Å². The van der Waals surface area contributed by atoms with Gasteiger partial charge in [0.25, 0.3) is 5.91 Å². The number of hydrogen-bond donors (Lipinski definition) is 0. The first-order valence-corrected chi connectivity index (χ1v) is 8.77. The first-order chi connectivity index (χ1) is 12.7. The first kappa shape index (κ1) is 17.7. The summed E-state index contributed by atoms with van der Waals surface area (Å²) in [6, 6.07) is 23.9. The molecule has 0 aliphatic carbocycles. The second-order valence-electron chi connectivity index (χ2n) is 6.13. The van der Waals surface area contributed by atoms with Gasteiger partial charge in [0, 0.05) is 25.8 Å². The monoisotopic (exact) mass is 345 g/mol. The van der Waals surface area contributed by atoms with Crippen molar-refractivity contribution >= 4 is 17.3 Å². The second kappa shape index (κ2) is 8.30. The van der Waals surface area contributed by atoms with Gasteiger partial charge in [-0.05, 0) is 36.8 Å². The summed E-state index contributed by atoms with van der Waals surface area (Å²) in [6.45, 7) is 3.49. The highest BCUT2D eigenvalue weighted by molar-refractivity contribution is 5.92. The minimum atomic E-state index is -0.0804. The van der Waals surface area contributed by atoms with Crippen molar-refractivity contribution in [1.82, 2.24) is 9.88 Å². The molecule has 0 radical (unpaired) electrons. The Hall–Kier alpha value is -3.14. The van der Waals surface area contributed by atoms with Gasteiger partial charge in [-0.1, -0.05) is 48.5 Å². The van der Waals surface area contributed by atoms with Gasteiger partial charge in [0.1, 0.15) is 5.69 Å². The van der Waals surface area contributed by atoms with E-state index in [-0.39, 0.29) is 5.91 Å². The number of nitrogens with zero attached hydrogens (tertiary/aromatic N) is 3. The maximum atomic E-state index is 12.6. The number of carbonyl (C=O) groups is 1. The average molecular weight is 345 g/mol. The molecule has 0 N–H and O–H groups in total. The summed E-state index contributed by atoms with van der Waals surface area (Å²) in [5.41, 5.74) is 3.63. The topological polar surface area (TPSA) is 36.4 Å². The Morgan fingerprint density at radius 3 is 2.12 bits per heavy atom. The van der Waals surface area contributed by atoms with Crippen LogP contribution < -0.4 is 4.90 Å². The van der Waals surface area contributed by atoms with Crippen LogP contribution in [-0.4, -0.2) is 29.4 Å². The van der Waals surface area contributed by atoms with Gasteiger partial charge in [-0.2, -0.15) is 0 Å². The summed E-state index contributed by atoms with van der Waals surface area (Å²) in [5, 5.41) is 0. The molecule has 132 valence electrons. The zero-order valence-electron chi connectivity index (χ0n) is 15.2. The van der Waals surface area contributed by atoms with Gasteiger partial charge in [-0.25, -0.2) is 4.98 Å². The zero-order chi connectivity index (χ0) is 18.4. The van der Waals surface area contributed by atoms with Crippen molar-refractivity contribution in [2.75, 3.05) is 18.5 Å². The van der Waals surface area contributed by atoms with Gasteiger partial charge in [-0.15, -0.1) is 0 Å². The third-order valence-corrected chi connectivity index (χ3v) is 4.27. The molecule has 1 heterocycles. The predicted octanol–water partition coefficient (Wildman–Crippen LogP) is 4.51. The van der Waals surface area contributed by atoms with E-state index < -0.39 is 0 Å². The molecule has 0 spiro atoms. The molecule has 0 atom stereocenters. The molecule has 1 aromatic heterocycles. The second-order valence-corrected chi connectivity index (χ2v) is 6.13. The average Bonchev–Trinajstić information content (AvgIpc) is 2.70. The Balaban J connectivity index is 1.73. The van der Waals surface area contributed by atoms with Crippen molar-refractivity contribution in [3.63, 3.8) is 0 Å². The molecule has 1 amide bonds. The van der Waals surface area contributed by atoms with Gasteiger partial charge in [0.05, 0.1) is 11.9 Å². The van der Waals surface area contributed by atoms with Crippen molar-refractivity contribution in [3.05, 3.63) is 90.3 Å². The Labute approximate surface area is 154 Å². The van der Waals surface area contributed by atoms with Crippen LogP contribution in [0.25, 0.3) is 0 Å². The number of para-hydroxylation sites is 1. The van der Waals surface area contributed by atoms with Crippen LogP contribution in [0, 0.1) is 0 Å². The Morgan fingerprint density at radius 1 is 0.885 bits per heavy atom. The van der Waals surface area contributed by atoms with Gasteiger partial charge < -0.3 is 9.80 Å². The highest BCUT2D eigenvalue weighted by Gasteiger charge is 2.14. The number of benzene rings is 2. The number of rotatable bonds is 6. The zero-order valence-corrected chi connectivity index (χ0v) is 15.2. The van der Waals surface area contributed by atoms with Crippen molar-refractivity contribution in [3.8, 4) is 0 Å². The molecule has 0 fully saturated rings. The highest BCUT2D eigenvalue weighted by Crippen LogP contribution is 2.24. The van der Waals surface area contributed by atoms with E-state index in [2.05, 4.69) is 28.9 Å². The number of aromatic nitrogens is 1. The Morgan fingerprint density at radius 2 is 1.54 bits per heavy atom. The van der Waals surface area contributed by atoms with E-state index in [1.165, 1.54) is 0 Å². The molecule has 3 rings (SSSR count). The molecule has 26 heavy (non-hydrogen) atoms. The summed E-state index contributed by atoms with van der Waals surface area (Å²) in [4.78, 5) is 20.9. The number of carbonyl (C=O) groups excluding carboxylic acids is 1. The van der Waals surface area contributed by atoms with Crippen LogP contribution in [0.15, 0.2) is 79.0 Å². The van der Waals surface area contributed by atoms with E-state index in [1.54, 1.807) is 24.2 Å². The molecule has 2 aromatic carbocycles. The van der Waals surface area contributed by atoms with E-state index in [0.29, 0.717) is 12.2 Å². The lowest BCUT2D eigenvalue weighted by Crippen LogP contribution is -2.27. The third kappa shape index (κ3) is 4.09. The molecule has 3 aromatic rings. The highest BCUT2D eigenvalue weighted by atomic mass is 16.2. The molecule has 4 nitrogen and oxygen atoms in total. The normalized spacial score (nSPS) is 10.4. The molecule has 0 bridgehead atoms. The maximum absolute atomic E-state index is 12.6. The smallest absolute Gasteiger partial charge is 0.272 e. The van der Waals surface area contributed by atoms with Crippen molar-refractivity contribution in [2.24, 2.45) is 0 Å². The van der Waals surface area contributed by atoms with Crippen molar-refractivity contribution in [1.29, 1.82) is 0 Å². The molecule has 0 unspecified atom stereocenters. The van der Waals surface area contributed by atoms with E-state index in [0.717, 1.165) is 23.5 Å². The lowest BCUT2D eigenvalue weighted by atomic mass is 10.2. The number of pyridine rings is 1. The largest absolute Gasteiger partial charge is 0.341 e. The summed E-state index contributed by atoms with van der Waals surface area (Å²) in [5.74, 6) is -0.0804. The summed E-state index contributed by atoms with van der Waals surface area (Å²) in [6.07, 6.45) is 1.76. The lowest BCUT2D eigenvalue weighted by Gasteiger charge is -2.23. The third-order valence-electron chi connectivity index (χ3n) is 4.27. The predicted molar refractivity (Wildman–Crippen MR) is 106 cm³/mol. The maximum Gasteiger partial charge on any atom is 0.272 e. The fourth-order valence-corrected chi connectivity index (χ4v) is 2.92. The summed E-state index contributed by atoms with van der Waals surface area (Å²) < 4.78 is 0. The van der Waals surface area contributed by atoms with Crippen LogP contribution in [0.5, 0.6) is 0 Å². The first-order valence-electron chi connectivity index (χ1n) is 8.77. The molecule has 0 aliphatic heterocycles. The van der Waals surface area contributed by atoms with Gasteiger partial charge in [0.15, 0.2) is 0 Å². The molecule has 4 heteroatoms. The van der Waals surface area contributed by atoms with Crippen LogP contribution in [0.2, 0.25) is 0 Å². The fourth-order valence-electron chi connectivity index (χ4n) is 2.92. The summed E-state index contributed by atoms with van der Waals surface area (Å²) >= 11 is 0. The van der Waals surface area contributed by atoms with Crippen LogP contribution in [0.1, 0.15) is 23.0 Å². The minimum absolute atomic E-state index is 0.0804.